The quantitative estimate of drug-likeness (QED) is 0.809. The first-order valence-corrected chi connectivity index (χ1v) is 9.83. The zero-order valence-corrected chi connectivity index (χ0v) is 15.0. The summed E-state index contributed by atoms with van der Waals surface area (Å²) in [7, 11) is 0. The highest BCUT2D eigenvalue weighted by atomic mass is 32.2. The summed E-state index contributed by atoms with van der Waals surface area (Å²) in [6.07, 6.45) is 4.90. The summed E-state index contributed by atoms with van der Waals surface area (Å²) in [6.45, 7) is 2.10. The van der Waals surface area contributed by atoms with Gasteiger partial charge in [-0.3, -0.25) is 9.78 Å². The van der Waals surface area contributed by atoms with Gasteiger partial charge in [0.1, 0.15) is 0 Å². The highest BCUT2D eigenvalue weighted by Crippen LogP contribution is 2.40. The molecule has 24 heavy (non-hydrogen) atoms. The number of nitrogens with zero attached hydrogens (tertiary/aromatic N) is 1. The number of aliphatic hydroxyl groups excluding tert-OH is 1. The molecule has 1 aromatic heterocycles. The Balaban J connectivity index is 1.96. The Morgan fingerprint density at radius 2 is 2.21 bits per heavy atom. The Kier molecular flexibility index (Phi) is 5.41. The molecular weight excluding hydrogens is 320 g/mol. The molecule has 1 amide bonds. The molecule has 0 bridgehead atoms. The topological polar surface area (TPSA) is 62.2 Å². The van der Waals surface area contributed by atoms with Crippen molar-refractivity contribution < 1.29 is 9.90 Å². The molecule has 1 saturated carbocycles. The highest BCUT2D eigenvalue weighted by Gasteiger charge is 2.27. The third-order valence-corrected chi connectivity index (χ3v) is 5.14. The van der Waals surface area contributed by atoms with Crippen LogP contribution in [0.4, 0.5) is 0 Å². The number of rotatable bonds is 7. The maximum Gasteiger partial charge on any atom is 0.252 e. The Bertz CT molecular complexity index is 737. The molecule has 0 aliphatic heterocycles. The van der Waals surface area contributed by atoms with Crippen molar-refractivity contribution in [3.8, 4) is 0 Å². The maximum atomic E-state index is 12.9. The van der Waals surface area contributed by atoms with Gasteiger partial charge in [0.15, 0.2) is 0 Å². The number of carbonyl (C=O) groups excluding carboxylic acids is 1. The predicted octanol–water partition coefficient (Wildman–Crippen LogP) is 3.26. The molecule has 1 heterocycles. The van der Waals surface area contributed by atoms with Crippen molar-refractivity contribution in [3.63, 3.8) is 0 Å². The predicted molar refractivity (Wildman–Crippen MR) is 99.8 cm³/mol. The van der Waals surface area contributed by atoms with E-state index in [4.69, 9.17) is 4.98 Å². The fourth-order valence-electron chi connectivity index (χ4n) is 2.95. The van der Waals surface area contributed by atoms with Gasteiger partial charge in [0, 0.05) is 35.4 Å². The van der Waals surface area contributed by atoms with Gasteiger partial charge in [0.05, 0.1) is 11.1 Å². The number of thioether (sulfide) groups is 1. The summed E-state index contributed by atoms with van der Waals surface area (Å²) in [5, 5.41) is 13.2. The minimum Gasteiger partial charge on any atom is -0.396 e. The number of benzene rings is 1. The first-order chi connectivity index (χ1) is 11.6. The van der Waals surface area contributed by atoms with Gasteiger partial charge in [-0.05, 0) is 50.6 Å². The number of nitrogens with one attached hydrogen (secondary N) is 1. The van der Waals surface area contributed by atoms with E-state index in [0.29, 0.717) is 17.9 Å². The largest absolute Gasteiger partial charge is 0.396 e. The molecule has 1 unspecified atom stereocenters. The summed E-state index contributed by atoms with van der Waals surface area (Å²) >= 11 is 1.67. The molecule has 0 spiro atoms. The standard InChI is InChI=1S/C19H24N2O2S/c1-12-3-6-17-15(9-12)16(10-18(21-17)13-4-5-13)19(23)20-14(7-8-22)11-24-2/h3,6,9-10,13-14,22H,4-5,7-8,11H2,1-2H3,(H,20,23). The van der Waals surface area contributed by atoms with Crippen LogP contribution >= 0.6 is 11.8 Å². The fourth-order valence-corrected chi connectivity index (χ4v) is 3.61. The van der Waals surface area contributed by atoms with E-state index in [-0.39, 0.29) is 18.6 Å². The number of aryl methyl sites for hydroxylation is 1. The first-order valence-electron chi connectivity index (χ1n) is 8.44. The Morgan fingerprint density at radius 3 is 2.88 bits per heavy atom. The second-order valence-corrected chi connectivity index (χ2v) is 7.44. The van der Waals surface area contributed by atoms with Crippen LogP contribution in [0.25, 0.3) is 10.9 Å². The van der Waals surface area contributed by atoms with Gasteiger partial charge < -0.3 is 10.4 Å². The van der Waals surface area contributed by atoms with E-state index in [0.717, 1.165) is 40.8 Å². The van der Waals surface area contributed by atoms with Crippen LogP contribution in [0.3, 0.4) is 0 Å². The van der Waals surface area contributed by atoms with Gasteiger partial charge in [-0.15, -0.1) is 0 Å². The van der Waals surface area contributed by atoms with Crippen LogP contribution in [0.1, 0.15) is 46.8 Å². The molecule has 0 saturated heterocycles. The van der Waals surface area contributed by atoms with Gasteiger partial charge in [0.2, 0.25) is 0 Å². The molecule has 2 aromatic rings. The molecule has 1 atom stereocenters. The summed E-state index contributed by atoms with van der Waals surface area (Å²) in [6, 6.07) is 8.01. The number of fused-ring (bicyclic) bond motifs is 1. The van der Waals surface area contributed by atoms with Crippen LogP contribution in [-0.2, 0) is 0 Å². The second-order valence-electron chi connectivity index (χ2n) is 6.53. The van der Waals surface area contributed by atoms with Crippen molar-refractivity contribution in [1.29, 1.82) is 0 Å². The molecule has 5 heteroatoms. The van der Waals surface area contributed by atoms with Crippen molar-refractivity contribution in [3.05, 3.63) is 41.1 Å². The molecule has 0 radical (unpaired) electrons. The van der Waals surface area contributed by atoms with E-state index in [1.807, 2.05) is 37.4 Å². The molecule has 2 N–H and O–H groups in total. The highest BCUT2D eigenvalue weighted by molar-refractivity contribution is 7.98. The van der Waals surface area contributed by atoms with E-state index in [9.17, 15) is 9.90 Å². The molecule has 1 aliphatic rings. The Morgan fingerprint density at radius 1 is 1.42 bits per heavy atom. The maximum absolute atomic E-state index is 12.9. The molecule has 3 rings (SSSR count). The number of aromatic nitrogens is 1. The van der Waals surface area contributed by atoms with Crippen LogP contribution in [0.2, 0.25) is 0 Å². The van der Waals surface area contributed by atoms with Crippen molar-refractivity contribution in [1.82, 2.24) is 10.3 Å². The molecule has 1 aromatic carbocycles. The summed E-state index contributed by atoms with van der Waals surface area (Å²) in [5.74, 6) is 1.23. The monoisotopic (exact) mass is 344 g/mol. The molecule has 4 nitrogen and oxygen atoms in total. The van der Waals surface area contributed by atoms with E-state index in [1.165, 1.54) is 0 Å². The fraction of sp³-hybridized carbons (Fsp3) is 0.474. The average Bonchev–Trinajstić information content (AvgIpc) is 3.39. The second kappa shape index (κ2) is 7.53. The van der Waals surface area contributed by atoms with Crippen molar-refractivity contribution in [2.45, 2.75) is 38.1 Å². The van der Waals surface area contributed by atoms with Gasteiger partial charge in [-0.25, -0.2) is 0 Å². The minimum atomic E-state index is -0.0672. The molecule has 1 fully saturated rings. The third-order valence-electron chi connectivity index (χ3n) is 4.40. The molecular formula is C19H24N2O2S. The van der Waals surface area contributed by atoms with E-state index < -0.39 is 0 Å². The first kappa shape index (κ1) is 17.2. The van der Waals surface area contributed by atoms with Gasteiger partial charge in [-0.2, -0.15) is 11.8 Å². The Labute approximate surface area is 147 Å². The van der Waals surface area contributed by atoms with Crippen molar-refractivity contribution in [2.24, 2.45) is 0 Å². The lowest BCUT2D eigenvalue weighted by Gasteiger charge is -2.18. The summed E-state index contributed by atoms with van der Waals surface area (Å²) in [5.41, 5.74) is 3.74. The van der Waals surface area contributed by atoms with Crippen LogP contribution in [0, 0.1) is 6.92 Å². The van der Waals surface area contributed by atoms with E-state index in [1.54, 1.807) is 11.8 Å². The SMILES string of the molecule is CSCC(CCO)NC(=O)c1cc(C2CC2)nc2ccc(C)cc12. The smallest absolute Gasteiger partial charge is 0.252 e. The van der Waals surface area contributed by atoms with Crippen LogP contribution in [0.15, 0.2) is 24.3 Å². The zero-order valence-electron chi connectivity index (χ0n) is 14.2. The number of hydrogen-bond donors (Lipinski definition) is 2. The van der Waals surface area contributed by atoms with E-state index in [2.05, 4.69) is 5.32 Å². The normalized spacial score (nSPS) is 15.5. The summed E-state index contributed by atoms with van der Waals surface area (Å²) in [4.78, 5) is 17.6. The number of carbonyl (C=O) groups is 1. The van der Waals surface area contributed by atoms with Crippen LogP contribution in [0.5, 0.6) is 0 Å². The van der Waals surface area contributed by atoms with Gasteiger partial charge in [0.25, 0.3) is 5.91 Å². The minimum absolute atomic E-state index is 0.0186. The lowest BCUT2D eigenvalue weighted by atomic mass is 10.0. The lowest BCUT2D eigenvalue weighted by Crippen LogP contribution is -2.37. The number of aliphatic hydroxyl groups is 1. The lowest BCUT2D eigenvalue weighted by molar-refractivity contribution is 0.0937. The van der Waals surface area contributed by atoms with Crippen LogP contribution < -0.4 is 5.32 Å². The van der Waals surface area contributed by atoms with Gasteiger partial charge >= 0.3 is 0 Å². The van der Waals surface area contributed by atoms with E-state index >= 15 is 0 Å². The molecule has 1 aliphatic carbocycles. The third kappa shape index (κ3) is 3.90. The van der Waals surface area contributed by atoms with Crippen molar-refractivity contribution in [2.75, 3.05) is 18.6 Å². The zero-order chi connectivity index (χ0) is 17.1. The summed E-state index contributed by atoms with van der Waals surface area (Å²) < 4.78 is 0. The van der Waals surface area contributed by atoms with Gasteiger partial charge in [-0.1, -0.05) is 11.6 Å². The number of hydrogen-bond acceptors (Lipinski definition) is 4. The van der Waals surface area contributed by atoms with Crippen LogP contribution in [-0.4, -0.2) is 40.7 Å². The Hall–Kier alpha value is -1.59. The molecule has 128 valence electrons. The van der Waals surface area contributed by atoms with Crippen molar-refractivity contribution >= 4 is 28.6 Å². The average molecular weight is 344 g/mol. The number of amides is 1. The number of pyridine rings is 1.